The third-order valence-electron chi connectivity index (χ3n) is 1.70. The highest BCUT2D eigenvalue weighted by Gasteiger charge is 1.95. The predicted octanol–water partition coefficient (Wildman–Crippen LogP) is 0.486. The van der Waals surface area contributed by atoms with Gasteiger partial charge >= 0.3 is 0 Å². The molecule has 0 aliphatic rings. The molecule has 1 N–H and O–H groups in total. The van der Waals surface area contributed by atoms with Crippen LogP contribution in [0, 0.1) is 0 Å². The van der Waals surface area contributed by atoms with Crippen molar-refractivity contribution < 1.29 is 0 Å². The molecule has 1 rings (SSSR count). The first-order chi connectivity index (χ1) is 5.72. The zero-order valence-electron chi connectivity index (χ0n) is 7.91. The Hall–Kier alpha value is -1.03. The van der Waals surface area contributed by atoms with Crippen LogP contribution in [-0.2, 0) is 6.54 Å². The monoisotopic (exact) mass is 168 g/mol. The second kappa shape index (κ2) is 4.11. The van der Waals surface area contributed by atoms with Crippen LogP contribution < -0.4 is 5.32 Å². The average Bonchev–Trinajstić information content (AvgIpc) is 2.48. The van der Waals surface area contributed by atoms with Crippen molar-refractivity contribution in [3.8, 4) is 0 Å². The molecule has 0 amide bonds. The van der Waals surface area contributed by atoms with Gasteiger partial charge in [0.25, 0.3) is 0 Å². The lowest BCUT2D eigenvalue weighted by atomic mass is 10.5. The van der Waals surface area contributed by atoms with Gasteiger partial charge in [0.1, 0.15) is 0 Å². The van der Waals surface area contributed by atoms with Gasteiger partial charge in [0.15, 0.2) is 0 Å². The number of hydrogen-bond acceptors (Lipinski definition) is 3. The fourth-order valence-electron chi connectivity index (χ4n) is 0.917. The van der Waals surface area contributed by atoms with E-state index in [0.717, 1.165) is 18.8 Å². The number of likely N-dealkylation sites (N-methyl/N-ethyl adjacent to an activating group) is 1. The van der Waals surface area contributed by atoms with Crippen molar-refractivity contribution in [1.82, 2.24) is 14.7 Å². The Bertz CT molecular complexity index is 229. The number of anilines is 1. The molecule has 4 heteroatoms. The summed E-state index contributed by atoms with van der Waals surface area (Å²) in [5.41, 5.74) is 1.06. The molecule has 1 aromatic rings. The van der Waals surface area contributed by atoms with Gasteiger partial charge in [0.2, 0.25) is 0 Å². The third kappa shape index (κ3) is 2.54. The molecule has 0 spiro atoms. The van der Waals surface area contributed by atoms with Gasteiger partial charge in [-0.15, -0.1) is 0 Å². The maximum Gasteiger partial charge on any atom is 0.0723 e. The summed E-state index contributed by atoms with van der Waals surface area (Å²) in [4.78, 5) is 2.14. The molecule has 0 aliphatic carbocycles. The third-order valence-corrected chi connectivity index (χ3v) is 1.70. The Morgan fingerprint density at radius 3 is 2.83 bits per heavy atom. The van der Waals surface area contributed by atoms with E-state index >= 15 is 0 Å². The quantitative estimate of drug-likeness (QED) is 0.710. The van der Waals surface area contributed by atoms with E-state index in [4.69, 9.17) is 0 Å². The Kier molecular flexibility index (Phi) is 3.10. The maximum absolute atomic E-state index is 4.19. The second-order valence-electron chi connectivity index (χ2n) is 3.05. The smallest absolute Gasteiger partial charge is 0.0723 e. The molecule has 0 saturated heterocycles. The summed E-state index contributed by atoms with van der Waals surface area (Å²) in [6.07, 6.45) is 3.83. The molecule has 4 nitrogen and oxygen atoms in total. The number of nitrogens with zero attached hydrogens (tertiary/aromatic N) is 3. The van der Waals surface area contributed by atoms with E-state index < -0.39 is 0 Å². The van der Waals surface area contributed by atoms with Crippen LogP contribution in [0.4, 0.5) is 5.69 Å². The SMILES string of the molecule is CNc1cnn(CCN(C)C)c1. The summed E-state index contributed by atoms with van der Waals surface area (Å²) >= 11 is 0. The fourth-order valence-corrected chi connectivity index (χ4v) is 0.917. The van der Waals surface area contributed by atoms with Crippen molar-refractivity contribution in [2.45, 2.75) is 6.54 Å². The minimum Gasteiger partial charge on any atom is -0.386 e. The Morgan fingerprint density at radius 1 is 1.58 bits per heavy atom. The van der Waals surface area contributed by atoms with Crippen LogP contribution >= 0.6 is 0 Å². The summed E-state index contributed by atoms with van der Waals surface area (Å²) in [6.45, 7) is 1.96. The molecule has 1 aromatic heterocycles. The van der Waals surface area contributed by atoms with Gasteiger partial charge in [0, 0.05) is 19.8 Å². The van der Waals surface area contributed by atoms with Crippen LogP contribution in [0.2, 0.25) is 0 Å². The Morgan fingerprint density at radius 2 is 2.33 bits per heavy atom. The number of hydrogen-bond donors (Lipinski definition) is 1. The molecule has 0 aliphatic heterocycles. The lowest BCUT2D eigenvalue weighted by molar-refractivity contribution is 0.373. The van der Waals surface area contributed by atoms with Crippen LogP contribution in [0.25, 0.3) is 0 Å². The summed E-state index contributed by atoms with van der Waals surface area (Å²) in [7, 11) is 6.01. The van der Waals surface area contributed by atoms with E-state index in [9.17, 15) is 0 Å². The van der Waals surface area contributed by atoms with E-state index in [2.05, 4.69) is 29.4 Å². The van der Waals surface area contributed by atoms with Gasteiger partial charge in [-0.1, -0.05) is 0 Å². The molecule has 1 heterocycles. The fraction of sp³-hybridized carbons (Fsp3) is 0.625. The van der Waals surface area contributed by atoms with Crippen LogP contribution in [0.1, 0.15) is 0 Å². The zero-order valence-corrected chi connectivity index (χ0v) is 7.91. The lowest BCUT2D eigenvalue weighted by Gasteiger charge is -2.08. The van der Waals surface area contributed by atoms with Crippen LogP contribution in [-0.4, -0.2) is 42.4 Å². The van der Waals surface area contributed by atoms with Crippen molar-refractivity contribution in [2.75, 3.05) is 33.0 Å². The molecule has 0 bridgehead atoms. The van der Waals surface area contributed by atoms with Gasteiger partial charge < -0.3 is 10.2 Å². The van der Waals surface area contributed by atoms with E-state index in [1.807, 2.05) is 24.1 Å². The van der Waals surface area contributed by atoms with Crippen molar-refractivity contribution in [3.05, 3.63) is 12.4 Å². The summed E-state index contributed by atoms with van der Waals surface area (Å²) in [5, 5.41) is 7.22. The minimum absolute atomic E-state index is 0.939. The zero-order chi connectivity index (χ0) is 8.97. The molecule has 0 atom stereocenters. The van der Waals surface area contributed by atoms with Crippen LogP contribution in [0.15, 0.2) is 12.4 Å². The van der Waals surface area contributed by atoms with Crippen molar-refractivity contribution in [2.24, 2.45) is 0 Å². The van der Waals surface area contributed by atoms with Gasteiger partial charge in [-0.05, 0) is 14.1 Å². The minimum atomic E-state index is 0.939. The maximum atomic E-state index is 4.19. The van der Waals surface area contributed by atoms with Crippen molar-refractivity contribution >= 4 is 5.69 Å². The highest BCUT2D eigenvalue weighted by molar-refractivity contribution is 5.36. The second-order valence-corrected chi connectivity index (χ2v) is 3.05. The molecule has 0 radical (unpaired) electrons. The predicted molar refractivity (Wildman–Crippen MR) is 50.3 cm³/mol. The average molecular weight is 168 g/mol. The van der Waals surface area contributed by atoms with Crippen LogP contribution in [0.5, 0.6) is 0 Å². The number of rotatable bonds is 4. The molecule has 0 saturated carbocycles. The molecule has 0 unspecified atom stereocenters. The van der Waals surface area contributed by atoms with Gasteiger partial charge in [0.05, 0.1) is 18.4 Å². The van der Waals surface area contributed by atoms with Crippen molar-refractivity contribution in [3.63, 3.8) is 0 Å². The van der Waals surface area contributed by atoms with Gasteiger partial charge in [-0.25, -0.2) is 0 Å². The molecular formula is C8H16N4. The van der Waals surface area contributed by atoms with E-state index in [0.29, 0.717) is 0 Å². The van der Waals surface area contributed by atoms with E-state index in [1.165, 1.54) is 0 Å². The molecular weight excluding hydrogens is 152 g/mol. The molecule has 12 heavy (non-hydrogen) atoms. The normalized spacial score (nSPS) is 10.7. The first-order valence-corrected chi connectivity index (χ1v) is 4.07. The first kappa shape index (κ1) is 9.06. The number of aromatic nitrogens is 2. The molecule has 0 aromatic carbocycles. The Balaban J connectivity index is 2.41. The standard InChI is InChI=1S/C8H16N4/c1-9-8-6-10-12(7-8)5-4-11(2)3/h6-7,9H,4-5H2,1-3H3. The summed E-state index contributed by atoms with van der Waals surface area (Å²) in [6, 6.07) is 0. The molecule has 68 valence electrons. The van der Waals surface area contributed by atoms with E-state index in [-0.39, 0.29) is 0 Å². The topological polar surface area (TPSA) is 33.1 Å². The van der Waals surface area contributed by atoms with Crippen LogP contribution in [0.3, 0.4) is 0 Å². The van der Waals surface area contributed by atoms with Gasteiger partial charge in [-0.2, -0.15) is 5.10 Å². The Labute approximate surface area is 73.2 Å². The van der Waals surface area contributed by atoms with Gasteiger partial charge in [-0.3, -0.25) is 4.68 Å². The highest BCUT2D eigenvalue weighted by Crippen LogP contribution is 2.02. The van der Waals surface area contributed by atoms with Crippen molar-refractivity contribution in [1.29, 1.82) is 0 Å². The lowest BCUT2D eigenvalue weighted by Crippen LogP contribution is -2.18. The first-order valence-electron chi connectivity index (χ1n) is 4.07. The molecule has 0 fully saturated rings. The van der Waals surface area contributed by atoms with E-state index in [1.54, 1.807) is 0 Å². The highest BCUT2D eigenvalue weighted by atomic mass is 15.3. The largest absolute Gasteiger partial charge is 0.386 e. The summed E-state index contributed by atoms with van der Waals surface area (Å²) < 4.78 is 1.94. The number of nitrogens with one attached hydrogen (secondary N) is 1. The summed E-state index contributed by atoms with van der Waals surface area (Å²) in [5.74, 6) is 0.